The topological polar surface area (TPSA) is 113 Å². The Morgan fingerprint density at radius 1 is 0.972 bits per heavy atom. The fourth-order valence-electron chi connectivity index (χ4n) is 3.39. The molecule has 0 saturated carbocycles. The normalized spacial score (nSPS) is 12.6. The summed E-state index contributed by atoms with van der Waals surface area (Å²) in [6.45, 7) is -1.98. The molecule has 14 heteroatoms. The van der Waals surface area contributed by atoms with Crippen molar-refractivity contribution in [1.82, 2.24) is 20.0 Å². The fraction of sp³-hybridized carbons (Fsp3) is 0.182. The van der Waals surface area contributed by atoms with Crippen LogP contribution in [-0.4, -0.2) is 48.9 Å². The number of hydrogen-bond acceptors (Lipinski definition) is 5. The van der Waals surface area contributed by atoms with Gasteiger partial charge in [-0.25, -0.2) is 5.10 Å². The standard InChI is InChI=1S/C22H15F6N5O3/c23-21(24,25)20(36,22(26,27)28)11-33-10-13(9-29-33)18(34)30-14-7-5-12(6-8-14)17-15-3-1-2-4-16(15)19(35)32-31-17/h1-10,36H,11H2,(H,30,34)(H,32,35). The Bertz CT molecular complexity index is 1460. The van der Waals surface area contributed by atoms with Crippen molar-refractivity contribution in [2.75, 3.05) is 5.32 Å². The number of aliphatic hydroxyl groups is 1. The van der Waals surface area contributed by atoms with Gasteiger partial charge in [0.25, 0.3) is 17.1 Å². The molecular weight excluding hydrogens is 496 g/mol. The van der Waals surface area contributed by atoms with Gasteiger partial charge in [0.2, 0.25) is 0 Å². The summed E-state index contributed by atoms with van der Waals surface area (Å²) in [6.07, 6.45) is -10.6. The van der Waals surface area contributed by atoms with Crippen LogP contribution in [0.3, 0.4) is 0 Å². The molecule has 0 unspecified atom stereocenters. The summed E-state index contributed by atoms with van der Waals surface area (Å²) in [5.41, 5.74) is -4.40. The molecule has 0 bridgehead atoms. The highest BCUT2D eigenvalue weighted by Crippen LogP contribution is 2.44. The zero-order valence-electron chi connectivity index (χ0n) is 17.9. The van der Waals surface area contributed by atoms with Gasteiger partial charge in [0.05, 0.1) is 29.4 Å². The molecule has 0 saturated heterocycles. The molecular formula is C22H15F6N5O3. The molecule has 0 radical (unpaired) electrons. The predicted molar refractivity (Wildman–Crippen MR) is 115 cm³/mol. The average molecular weight is 511 g/mol. The van der Waals surface area contributed by atoms with Gasteiger partial charge in [0.1, 0.15) is 0 Å². The van der Waals surface area contributed by atoms with E-state index >= 15 is 0 Å². The van der Waals surface area contributed by atoms with Gasteiger partial charge < -0.3 is 10.4 Å². The molecule has 0 aliphatic rings. The van der Waals surface area contributed by atoms with E-state index in [1.165, 1.54) is 12.1 Å². The van der Waals surface area contributed by atoms with E-state index in [1.54, 1.807) is 36.4 Å². The van der Waals surface area contributed by atoms with Gasteiger partial charge in [0.15, 0.2) is 0 Å². The number of fused-ring (bicyclic) bond motifs is 1. The molecule has 0 atom stereocenters. The molecule has 3 N–H and O–H groups in total. The predicted octanol–water partition coefficient (Wildman–Crippen LogP) is 3.89. The van der Waals surface area contributed by atoms with Crippen LogP contribution in [0.25, 0.3) is 22.0 Å². The molecule has 2 aromatic carbocycles. The van der Waals surface area contributed by atoms with Crippen LogP contribution < -0.4 is 10.9 Å². The molecule has 188 valence electrons. The Kier molecular flexibility index (Phi) is 6.08. The largest absolute Gasteiger partial charge is 0.428 e. The zero-order valence-corrected chi connectivity index (χ0v) is 17.9. The maximum Gasteiger partial charge on any atom is 0.428 e. The lowest BCUT2D eigenvalue weighted by Crippen LogP contribution is -2.59. The number of nitrogens with one attached hydrogen (secondary N) is 2. The highest BCUT2D eigenvalue weighted by molar-refractivity contribution is 6.04. The van der Waals surface area contributed by atoms with Crippen molar-refractivity contribution in [3.63, 3.8) is 0 Å². The number of amides is 1. The van der Waals surface area contributed by atoms with E-state index in [9.17, 15) is 41.0 Å². The first kappa shape index (κ1) is 24.9. The van der Waals surface area contributed by atoms with E-state index in [0.29, 0.717) is 28.2 Å². The number of hydrogen-bond donors (Lipinski definition) is 3. The molecule has 4 rings (SSSR count). The highest BCUT2D eigenvalue weighted by atomic mass is 19.4. The number of aromatic amines is 1. The van der Waals surface area contributed by atoms with E-state index in [-0.39, 0.29) is 21.5 Å². The second-order valence-corrected chi connectivity index (χ2v) is 7.76. The Labute approximate surface area is 197 Å². The van der Waals surface area contributed by atoms with Crippen molar-refractivity contribution in [2.24, 2.45) is 0 Å². The SMILES string of the molecule is O=C(Nc1ccc(-c2n[nH]c(=O)c3ccccc23)cc1)c1cnn(CC(O)(C(F)(F)F)C(F)(F)F)c1. The average Bonchev–Trinajstić information content (AvgIpc) is 3.27. The summed E-state index contributed by atoms with van der Waals surface area (Å²) in [5, 5.41) is 22.6. The lowest BCUT2D eigenvalue weighted by molar-refractivity contribution is -0.372. The number of carbonyl (C=O) groups excluding carboxylic acids is 1. The maximum absolute atomic E-state index is 12.9. The molecule has 0 aliphatic carbocycles. The number of halogens is 6. The second kappa shape index (κ2) is 8.78. The molecule has 4 aromatic rings. The van der Waals surface area contributed by atoms with Crippen LogP contribution in [0, 0.1) is 0 Å². The molecule has 36 heavy (non-hydrogen) atoms. The van der Waals surface area contributed by atoms with Gasteiger partial charge in [-0.15, -0.1) is 0 Å². The lowest BCUT2D eigenvalue weighted by atomic mass is 10.0. The Morgan fingerprint density at radius 2 is 1.58 bits per heavy atom. The van der Waals surface area contributed by atoms with Crippen LogP contribution in [0.1, 0.15) is 10.4 Å². The molecule has 2 aromatic heterocycles. The Hall–Kier alpha value is -4.20. The molecule has 0 aliphatic heterocycles. The monoisotopic (exact) mass is 511 g/mol. The van der Waals surface area contributed by atoms with E-state index in [0.717, 1.165) is 6.20 Å². The van der Waals surface area contributed by atoms with Crippen molar-refractivity contribution in [1.29, 1.82) is 0 Å². The maximum atomic E-state index is 12.9. The van der Waals surface area contributed by atoms with E-state index in [4.69, 9.17) is 0 Å². The number of anilines is 1. The van der Waals surface area contributed by atoms with Crippen molar-refractivity contribution >= 4 is 22.4 Å². The first-order valence-electron chi connectivity index (χ1n) is 10.1. The summed E-state index contributed by atoms with van der Waals surface area (Å²) < 4.78 is 77.5. The minimum atomic E-state index is -6.02. The summed E-state index contributed by atoms with van der Waals surface area (Å²) >= 11 is 0. The number of carbonyl (C=O) groups is 1. The Balaban J connectivity index is 1.51. The Morgan fingerprint density at radius 3 is 2.19 bits per heavy atom. The second-order valence-electron chi connectivity index (χ2n) is 7.76. The van der Waals surface area contributed by atoms with Gasteiger partial charge in [-0.1, -0.05) is 30.3 Å². The van der Waals surface area contributed by atoms with Crippen LogP contribution >= 0.6 is 0 Å². The number of benzene rings is 2. The van der Waals surface area contributed by atoms with Crippen molar-refractivity contribution in [3.8, 4) is 11.3 Å². The summed E-state index contributed by atoms with van der Waals surface area (Å²) in [7, 11) is 0. The van der Waals surface area contributed by atoms with Crippen LogP contribution in [0.5, 0.6) is 0 Å². The first-order chi connectivity index (χ1) is 16.8. The quantitative estimate of drug-likeness (QED) is 0.352. The summed E-state index contributed by atoms with van der Waals surface area (Å²) in [6, 6.07) is 13.0. The van der Waals surface area contributed by atoms with Gasteiger partial charge in [-0.05, 0) is 18.2 Å². The van der Waals surface area contributed by atoms with Crippen molar-refractivity contribution in [2.45, 2.75) is 24.5 Å². The molecule has 8 nitrogen and oxygen atoms in total. The summed E-state index contributed by atoms with van der Waals surface area (Å²) in [4.78, 5) is 24.4. The molecule has 0 fully saturated rings. The van der Waals surface area contributed by atoms with Crippen molar-refractivity contribution < 1.29 is 36.2 Å². The van der Waals surface area contributed by atoms with Gasteiger partial charge in [0, 0.05) is 22.8 Å². The van der Waals surface area contributed by atoms with Gasteiger partial charge in [-0.3, -0.25) is 14.3 Å². The number of alkyl halides is 6. The molecule has 1 amide bonds. The number of aromatic nitrogens is 4. The zero-order chi connectivity index (χ0) is 26.3. The highest BCUT2D eigenvalue weighted by Gasteiger charge is 2.70. The van der Waals surface area contributed by atoms with E-state index < -0.39 is 30.4 Å². The lowest BCUT2D eigenvalue weighted by Gasteiger charge is -2.31. The third-order valence-corrected chi connectivity index (χ3v) is 5.34. The van der Waals surface area contributed by atoms with Crippen LogP contribution in [-0.2, 0) is 6.54 Å². The fourth-order valence-corrected chi connectivity index (χ4v) is 3.39. The minimum absolute atomic E-state index is 0.186. The number of H-pyrrole nitrogens is 1. The number of rotatable bonds is 5. The first-order valence-corrected chi connectivity index (χ1v) is 10.1. The third kappa shape index (κ3) is 4.54. The van der Waals surface area contributed by atoms with Gasteiger partial charge in [-0.2, -0.15) is 36.5 Å². The van der Waals surface area contributed by atoms with Crippen LogP contribution in [0.4, 0.5) is 32.0 Å². The van der Waals surface area contributed by atoms with Gasteiger partial charge >= 0.3 is 12.4 Å². The van der Waals surface area contributed by atoms with Crippen LogP contribution in [0.2, 0.25) is 0 Å². The molecule has 2 heterocycles. The smallest absolute Gasteiger partial charge is 0.372 e. The van der Waals surface area contributed by atoms with Crippen molar-refractivity contribution in [3.05, 3.63) is 76.8 Å². The van der Waals surface area contributed by atoms with E-state index in [1.807, 2.05) is 0 Å². The minimum Gasteiger partial charge on any atom is -0.372 e. The van der Waals surface area contributed by atoms with Crippen LogP contribution in [0.15, 0.2) is 65.7 Å². The molecule has 0 spiro atoms. The summed E-state index contributed by atoms with van der Waals surface area (Å²) in [5.74, 6) is -0.857. The third-order valence-electron chi connectivity index (χ3n) is 5.34. The van der Waals surface area contributed by atoms with E-state index in [2.05, 4.69) is 20.6 Å². The number of nitrogens with zero attached hydrogens (tertiary/aromatic N) is 3.